The molecule has 1 aliphatic rings. The van der Waals surface area contributed by atoms with Gasteiger partial charge in [0, 0.05) is 18.8 Å². The first-order valence-corrected chi connectivity index (χ1v) is 12.7. The van der Waals surface area contributed by atoms with Crippen molar-refractivity contribution in [2.75, 3.05) is 0 Å². The van der Waals surface area contributed by atoms with Crippen LogP contribution in [0.3, 0.4) is 0 Å². The molecular weight excluding hydrogens is 424 g/mol. The molecule has 0 saturated heterocycles. The molecule has 0 radical (unpaired) electrons. The molecule has 0 spiro atoms. The lowest BCUT2D eigenvalue weighted by Crippen LogP contribution is -2.05. The number of aliphatic hydroxyl groups excluding tert-OH is 1. The number of Topliss-reactive ketones (excluding diaryl/α,β-unsaturated/α-hetero) is 1. The van der Waals surface area contributed by atoms with Gasteiger partial charge >= 0.3 is 5.97 Å². The summed E-state index contributed by atoms with van der Waals surface area (Å²) in [7, 11) is 0. The molecule has 0 aromatic heterocycles. The van der Waals surface area contributed by atoms with Crippen molar-refractivity contribution < 1.29 is 19.8 Å². The van der Waals surface area contributed by atoms with Crippen LogP contribution < -0.4 is 0 Å². The van der Waals surface area contributed by atoms with E-state index in [1.54, 1.807) is 0 Å². The third kappa shape index (κ3) is 7.66. The number of aliphatic carboxylic acids is 1. The van der Waals surface area contributed by atoms with E-state index in [0.717, 1.165) is 56.1 Å². The Morgan fingerprint density at radius 3 is 2.38 bits per heavy atom. The van der Waals surface area contributed by atoms with Gasteiger partial charge in [0.15, 0.2) is 0 Å². The average molecular weight is 463 g/mol. The molecule has 1 aliphatic carbocycles. The number of hydrogen-bond donors (Lipinski definition) is 2. The maximum absolute atomic E-state index is 12.8. The highest BCUT2D eigenvalue weighted by Gasteiger charge is 2.34. The minimum absolute atomic E-state index is 0.0651. The standard InChI is InChI=1S/C30H38O4/c1-2-3-6-10-28(31)25-18-16-24(17-19-25)27-20-26(21-29(27)32)23-14-12-22(13-15-23)9-7-4-5-8-11-30(33)34/h4,7,12-19,26-28,31H,2-3,5-6,8-11,20-21H2,1H3,(H,33,34)/b7-4-/t26?,27-,28?/m0/s1. The van der Waals surface area contributed by atoms with E-state index >= 15 is 0 Å². The molecule has 182 valence electrons. The van der Waals surface area contributed by atoms with E-state index in [9.17, 15) is 14.7 Å². The van der Waals surface area contributed by atoms with Crippen molar-refractivity contribution in [2.24, 2.45) is 0 Å². The molecule has 4 nitrogen and oxygen atoms in total. The van der Waals surface area contributed by atoms with Gasteiger partial charge in [-0.2, -0.15) is 0 Å². The van der Waals surface area contributed by atoms with Gasteiger partial charge in [-0.05, 0) is 60.3 Å². The third-order valence-electron chi connectivity index (χ3n) is 6.89. The van der Waals surface area contributed by atoms with Gasteiger partial charge in [0.05, 0.1) is 6.10 Å². The smallest absolute Gasteiger partial charge is 0.303 e. The predicted molar refractivity (Wildman–Crippen MR) is 136 cm³/mol. The monoisotopic (exact) mass is 462 g/mol. The molecule has 2 unspecified atom stereocenters. The number of hydrogen-bond acceptors (Lipinski definition) is 3. The quantitative estimate of drug-likeness (QED) is 0.251. The van der Waals surface area contributed by atoms with Crippen LogP contribution in [0.4, 0.5) is 0 Å². The number of carbonyl (C=O) groups excluding carboxylic acids is 1. The number of carboxylic acids is 1. The molecule has 2 aromatic carbocycles. The Hall–Kier alpha value is -2.72. The summed E-state index contributed by atoms with van der Waals surface area (Å²) in [5.74, 6) is -0.262. The first kappa shape index (κ1) is 25.9. The van der Waals surface area contributed by atoms with Crippen LogP contribution in [-0.2, 0) is 16.0 Å². The fourth-order valence-electron chi connectivity index (χ4n) is 4.80. The van der Waals surface area contributed by atoms with E-state index in [0.29, 0.717) is 18.6 Å². The van der Waals surface area contributed by atoms with Crippen molar-refractivity contribution in [1.82, 2.24) is 0 Å². The van der Waals surface area contributed by atoms with E-state index in [1.807, 2.05) is 30.3 Å². The molecule has 2 aromatic rings. The number of unbranched alkanes of at least 4 members (excludes halogenated alkanes) is 3. The van der Waals surface area contributed by atoms with Crippen LogP contribution >= 0.6 is 0 Å². The average Bonchev–Trinajstić information content (AvgIpc) is 3.23. The van der Waals surface area contributed by atoms with E-state index in [1.165, 1.54) is 11.1 Å². The Morgan fingerprint density at radius 1 is 1.00 bits per heavy atom. The van der Waals surface area contributed by atoms with Crippen LogP contribution in [0.25, 0.3) is 0 Å². The summed E-state index contributed by atoms with van der Waals surface area (Å²) in [6.07, 6.45) is 11.7. The molecular formula is C30H38O4. The first-order valence-electron chi connectivity index (χ1n) is 12.7. The highest BCUT2D eigenvalue weighted by Crippen LogP contribution is 2.41. The van der Waals surface area contributed by atoms with Crippen molar-refractivity contribution in [2.45, 2.75) is 89.1 Å². The molecule has 34 heavy (non-hydrogen) atoms. The largest absolute Gasteiger partial charge is 0.481 e. The molecule has 1 fully saturated rings. The molecule has 4 heteroatoms. The molecule has 3 rings (SSSR count). The van der Waals surface area contributed by atoms with Crippen molar-refractivity contribution in [3.8, 4) is 0 Å². The van der Waals surface area contributed by atoms with Gasteiger partial charge in [-0.1, -0.05) is 86.9 Å². The van der Waals surface area contributed by atoms with E-state index in [-0.39, 0.29) is 18.3 Å². The Bertz CT molecular complexity index is 943. The predicted octanol–water partition coefficient (Wildman–Crippen LogP) is 6.88. The molecule has 3 atom stereocenters. The van der Waals surface area contributed by atoms with Crippen molar-refractivity contribution >= 4 is 11.8 Å². The van der Waals surface area contributed by atoms with Gasteiger partial charge in [-0.15, -0.1) is 0 Å². The fraction of sp³-hybridized carbons (Fsp3) is 0.467. The van der Waals surface area contributed by atoms with Gasteiger partial charge in [-0.25, -0.2) is 0 Å². The van der Waals surface area contributed by atoms with Gasteiger partial charge < -0.3 is 10.2 Å². The van der Waals surface area contributed by atoms with Crippen molar-refractivity contribution in [1.29, 1.82) is 0 Å². The zero-order chi connectivity index (χ0) is 24.3. The highest BCUT2D eigenvalue weighted by atomic mass is 16.4. The maximum atomic E-state index is 12.8. The topological polar surface area (TPSA) is 74.6 Å². The Morgan fingerprint density at radius 2 is 1.71 bits per heavy atom. The number of rotatable bonds is 13. The second-order valence-electron chi connectivity index (χ2n) is 9.54. The minimum Gasteiger partial charge on any atom is -0.481 e. The SMILES string of the molecule is CCCCCC(O)c1ccc([C@@H]2CC(c3ccc(C/C=C\CCCC(=O)O)cc3)CC2=O)cc1. The molecule has 1 saturated carbocycles. The van der Waals surface area contributed by atoms with E-state index in [2.05, 4.69) is 37.3 Å². The Labute approximate surface area is 203 Å². The molecule has 0 bridgehead atoms. The number of allylic oxidation sites excluding steroid dienone is 2. The molecule has 0 heterocycles. The number of ketones is 1. The Balaban J connectivity index is 1.52. The van der Waals surface area contributed by atoms with Crippen LogP contribution in [0.15, 0.2) is 60.7 Å². The summed E-state index contributed by atoms with van der Waals surface area (Å²) >= 11 is 0. The maximum Gasteiger partial charge on any atom is 0.303 e. The summed E-state index contributed by atoms with van der Waals surface area (Å²) in [6, 6.07) is 16.6. The number of carbonyl (C=O) groups is 2. The summed E-state index contributed by atoms with van der Waals surface area (Å²) in [5.41, 5.74) is 4.43. The van der Waals surface area contributed by atoms with Crippen LogP contribution in [-0.4, -0.2) is 22.0 Å². The number of benzene rings is 2. The second-order valence-corrected chi connectivity index (χ2v) is 9.54. The summed E-state index contributed by atoms with van der Waals surface area (Å²) < 4.78 is 0. The lowest BCUT2D eigenvalue weighted by molar-refractivity contribution is -0.137. The van der Waals surface area contributed by atoms with Crippen LogP contribution in [0.1, 0.15) is 105 Å². The molecule has 0 amide bonds. The van der Waals surface area contributed by atoms with Crippen LogP contribution in [0.5, 0.6) is 0 Å². The highest BCUT2D eigenvalue weighted by molar-refractivity contribution is 5.89. The summed E-state index contributed by atoms with van der Waals surface area (Å²) in [4.78, 5) is 23.3. The second kappa shape index (κ2) is 13.2. The van der Waals surface area contributed by atoms with Crippen LogP contribution in [0.2, 0.25) is 0 Å². The summed E-state index contributed by atoms with van der Waals surface area (Å²) in [6.45, 7) is 2.16. The van der Waals surface area contributed by atoms with Gasteiger partial charge in [0.2, 0.25) is 0 Å². The lowest BCUT2D eigenvalue weighted by atomic mass is 9.91. The molecule has 2 N–H and O–H groups in total. The number of carboxylic acid groups (broad SMARTS) is 1. The molecule has 0 aliphatic heterocycles. The first-order chi connectivity index (χ1) is 16.5. The van der Waals surface area contributed by atoms with Crippen molar-refractivity contribution in [3.05, 3.63) is 82.9 Å². The fourth-order valence-corrected chi connectivity index (χ4v) is 4.80. The van der Waals surface area contributed by atoms with Crippen molar-refractivity contribution in [3.63, 3.8) is 0 Å². The third-order valence-corrected chi connectivity index (χ3v) is 6.89. The van der Waals surface area contributed by atoms with Gasteiger partial charge in [-0.3, -0.25) is 9.59 Å². The van der Waals surface area contributed by atoms with E-state index < -0.39 is 12.1 Å². The zero-order valence-electron chi connectivity index (χ0n) is 20.3. The van der Waals surface area contributed by atoms with E-state index in [4.69, 9.17) is 5.11 Å². The zero-order valence-corrected chi connectivity index (χ0v) is 20.3. The minimum atomic E-state index is -0.745. The summed E-state index contributed by atoms with van der Waals surface area (Å²) in [5, 5.41) is 19.1. The van der Waals surface area contributed by atoms with Gasteiger partial charge in [0.1, 0.15) is 5.78 Å². The lowest BCUT2D eigenvalue weighted by Gasteiger charge is -2.14. The van der Waals surface area contributed by atoms with Crippen LogP contribution in [0, 0.1) is 0 Å². The Kier molecular flexibility index (Phi) is 10.1. The normalized spacial score (nSPS) is 19.1. The van der Waals surface area contributed by atoms with Gasteiger partial charge in [0.25, 0.3) is 0 Å². The number of aliphatic hydroxyl groups is 1.